The van der Waals surface area contributed by atoms with E-state index in [2.05, 4.69) is 15.9 Å². The number of nitrogens with zero attached hydrogens (tertiary/aromatic N) is 1. The van der Waals surface area contributed by atoms with Gasteiger partial charge in [-0.3, -0.25) is 14.9 Å². The number of furan rings is 1. The molecule has 1 aromatic carbocycles. The van der Waals surface area contributed by atoms with Gasteiger partial charge in [0.25, 0.3) is 5.69 Å². The van der Waals surface area contributed by atoms with E-state index in [4.69, 9.17) is 9.15 Å². The van der Waals surface area contributed by atoms with Crippen LogP contribution < -0.4 is 4.74 Å². The number of nitro groups is 1. The molecule has 1 aromatic heterocycles. The van der Waals surface area contributed by atoms with E-state index in [0.29, 0.717) is 16.5 Å². The highest BCUT2D eigenvalue weighted by molar-refractivity contribution is 9.10. The summed E-state index contributed by atoms with van der Waals surface area (Å²) in [5.74, 6) is 0.753. The Balaban J connectivity index is 2.70. The molecule has 0 aliphatic carbocycles. The minimum absolute atomic E-state index is 0.0963. The number of hydrogen-bond donors (Lipinski definition) is 0. The molecule has 0 aliphatic heterocycles. The van der Waals surface area contributed by atoms with Crippen LogP contribution in [0.5, 0.6) is 5.75 Å². The lowest BCUT2D eigenvalue weighted by Gasteiger charge is -2.07. The molecule has 0 fully saturated rings. The molecule has 7 heteroatoms. The number of rotatable bonds is 4. The van der Waals surface area contributed by atoms with Gasteiger partial charge in [0.05, 0.1) is 16.5 Å². The van der Waals surface area contributed by atoms with Crippen LogP contribution in [0, 0.1) is 10.1 Å². The third kappa shape index (κ3) is 2.37. The van der Waals surface area contributed by atoms with E-state index in [9.17, 15) is 14.9 Å². The molecule has 0 N–H and O–H groups in total. The molecule has 0 aliphatic rings. The van der Waals surface area contributed by atoms with E-state index in [1.807, 2.05) is 0 Å². The maximum Gasteiger partial charge on any atom is 0.281 e. The Morgan fingerprint density at radius 2 is 2.11 bits per heavy atom. The first-order chi connectivity index (χ1) is 9.08. The molecule has 2 aromatic rings. The van der Waals surface area contributed by atoms with Crippen molar-refractivity contribution in [2.45, 2.75) is 0 Å². The molecule has 19 heavy (non-hydrogen) atoms. The minimum atomic E-state index is -0.525. The first-order valence-corrected chi connectivity index (χ1v) is 5.94. The van der Waals surface area contributed by atoms with Crippen molar-refractivity contribution in [2.75, 3.05) is 7.11 Å². The molecule has 0 saturated carbocycles. The number of methoxy groups -OCH3 is 1. The largest absolute Gasteiger partial charge is 0.496 e. The van der Waals surface area contributed by atoms with Crippen molar-refractivity contribution >= 4 is 27.9 Å². The summed E-state index contributed by atoms with van der Waals surface area (Å²) < 4.78 is 10.7. The predicted molar refractivity (Wildman–Crippen MR) is 70.4 cm³/mol. The van der Waals surface area contributed by atoms with Gasteiger partial charge in [-0.15, -0.1) is 0 Å². The third-order valence-electron chi connectivity index (χ3n) is 2.49. The standard InChI is InChI=1S/C12H8BrNO5/c1-18-10-5-3-8(14(16)17)11(12(10)13)9-4-2-7(6-15)19-9/h2-6H,1H3. The van der Waals surface area contributed by atoms with Gasteiger partial charge in [-0.1, -0.05) is 0 Å². The average molecular weight is 326 g/mol. The van der Waals surface area contributed by atoms with E-state index in [1.54, 1.807) is 0 Å². The summed E-state index contributed by atoms with van der Waals surface area (Å²) in [7, 11) is 1.45. The normalized spacial score (nSPS) is 10.2. The van der Waals surface area contributed by atoms with Gasteiger partial charge in [0, 0.05) is 6.07 Å². The van der Waals surface area contributed by atoms with Crippen molar-refractivity contribution in [3.63, 3.8) is 0 Å². The lowest BCUT2D eigenvalue weighted by atomic mass is 10.1. The zero-order chi connectivity index (χ0) is 14.0. The minimum Gasteiger partial charge on any atom is -0.496 e. The molecule has 1 heterocycles. The molecule has 0 radical (unpaired) electrons. The number of ether oxygens (including phenoxy) is 1. The molecule has 0 unspecified atom stereocenters. The smallest absolute Gasteiger partial charge is 0.281 e. The van der Waals surface area contributed by atoms with Gasteiger partial charge in [0.2, 0.25) is 0 Å². The Kier molecular flexibility index (Phi) is 3.66. The van der Waals surface area contributed by atoms with Crippen molar-refractivity contribution in [1.29, 1.82) is 0 Å². The fourth-order valence-corrected chi connectivity index (χ4v) is 2.33. The van der Waals surface area contributed by atoms with Crippen LogP contribution in [0.1, 0.15) is 10.6 Å². The van der Waals surface area contributed by atoms with Crippen LogP contribution in [0.15, 0.2) is 33.2 Å². The van der Waals surface area contributed by atoms with Gasteiger partial charge < -0.3 is 9.15 Å². The molecule has 0 saturated heterocycles. The van der Waals surface area contributed by atoms with Crippen LogP contribution in [-0.4, -0.2) is 18.3 Å². The maximum absolute atomic E-state index is 11.1. The highest BCUT2D eigenvalue weighted by Gasteiger charge is 2.24. The van der Waals surface area contributed by atoms with Crippen LogP contribution in [0.2, 0.25) is 0 Å². The molecular formula is C12H8BrNO5. The molecular weight excluding hydrogens is 318 g/mol. The first-order valence-electron chi connectivity index (χ1n) is 5.14. The number of benzene rings is 1. The van der Waals surface area contributed by atoms with Gasteiger partial charge in [-0.05, 0) is 34.1 Å². The average Bonchev–Trinajstić information content (AvgIpc) is 2.86. The highest BCUT2D eigenvalue weighted by atomic mass is 79.9. The fraction of sp³-hybridized carbons (Fsp3) is 0.0833. The predicted octanol–water partition coefficient (Wildman–Crippen LogP) is 3.44. The van der Waals surface area contributed by atoms with Crippen molar-refractivity contribution in [2.24, 2.45) is 0 Å². The van der Waals surface area contributed by atoms with Crippen molar-refractivity contribution < 1.29 is 18.9 Å². The van der Waals surface area contributed by atoms with Crippen molar-refractivity contribution in [1.82, 2.24) is 0 Å². The Bertz CT molecular complexity index is 650. The van der Waals surface area contributed by atoms with Crippen LogP contribution in [0.3, 0.4) is 0 Å². The quantitative estimate of drug-likeness (QED) is 0.488. The molecule has 6 nitrogen and oxygen atoms in total. The van der Waals surface area contributed by atoms with E-state index in [-0.39, 0.29) is 22.8 Å². The van der Waals surface area contributed by atoms with Crippen LogP contribution >= 0.6 is 15.9 Å². The number of hydrogen-bond acceptors (Lipinski definition) is 5. The van der Waals surface area contributed by atoms with Gasteiger partial charge >= 0.3 is 0 Å². The van der Waals surface area contributed by atoms with Gasteiger partial charge in [-0.2, -0.15) is 0 Å². The first kappa shape index (κ1) is 13.3. The lowest BCUT2D eigenvalue weighted by Crippen LogP contribution is -1.94. The summed E-state index contributed by atoms with van der Waals surface area (Å²) >= 11 is 3.25. The number of carbonyl (C=O) groups excluding carboxylic acids is 1. The van der Waals surface area contributed by atoms with Crippen molar-refractivity contribution in [3.8, 4) is 17.1 Å². The Morgan fingerprint density at radius 3 is 2.63 bits per heavy atom. The van der Waals surface area contributed by atoms with Crippen LogP contribution in [0.4, 0.5) is 5.69 Å². The van der Waals surface area contributed by atoms with E-state index in [0.717, 1.165) is 0 Å². The second kappa shape index (κ2) is 5.23. The van der Waals surface area contributed by atoms with Gasteiger partial charge in [0.1, 0.15) is 17.1 Å². The summed E-state index contributed by atoms with van der Waals surface area (Å²) in [6, 6.07) is 5.74. The number of halogens is 1. The number of carbonyl (C=O) groups is 1. The zero-order valence-electron chi connectivity index (χ0n) is 9.75. The summed E-state index contributed by atoms with van der Waals surface area (Å²) in [4.78, 5) is 21.1. The highest BCUT2D eigenvalue weighted by Crippen LogP contribution is 2.42. The third-order valence-corrected chi connectivity index (χ3v) is 3.28. The fourth-order valence-electron chi connectivity index (χ4n) is 1.64. The summed E-state index contributed by atoms with van der Waals surface area (Å²) in [5, 5.41) is 11.1. The molecule has 0 atom stereocenters. The van der Waals surface area contributed by atoms with E-state index < -0.39 is 4.92 Å². The summed E-state index contributed by atoms with van der Waals surface area (Å²) in [5.41, 5.74) is 0.0944. The van der Waals surface area contributed by atoms with E-state index >= 15 is 0 Å². The summed E-state index contributed by atoms with van der Waals surface area (Å²) in [6.45, 7) is 0. The number of aldehydes is 1. The second-order valence-corrected chi connectivity index (χ2v) is 4.35. The van der Waals surface area contributed by atoms with Crippen molar-refractivity contribution in [3.05, 3.63) is 44.6 Å². The maximum atomic E-state index is 11.1. The Labute approximate surface area is 116 Å². The van der Waals surface area contributed by atoms with Gasteiger partial charge in [-0.25, -0.2) is 0 Å². The topological polar surface area (TPSA) is 82.6 Å². The second-order valence-electron chi connectivity index (χ2n) is 3.55. The molecule has 0 amide bonds. The molecule has 2 rings (SSSR count). The molecule has 0 bridgehead atoms. The monoisotopic (exact) mass is 325 g/mol. The zero-order valence-corrected chi connectivity index (χ0v) is 11.3. The molecule has 98 valence electrons. The Morgan fingerprint density at radius 1 is 1.37 bits per heavy atom. The lowest BCUT2D eigenvalue weighted by molar-refractivity contribution is -0.384. The summed E-state index contributed by atoms with van der Waals surface area (Å²) in [6.07, 6.45) is 0.531. The van der Waals surface area contributed by atoms with Crippen LogP contribution in [-0.2, 0) is 0 Å². The van der Waals surface area contributed by atoms with Gasteiger partial charge in [0.15, 0.2) is 12.0 Å². The van der Waals surface area contributed by atoms with E-state index in [1.165, 1.54) is 31.4 Å². The SMILES string of the molecule is COc1ccc([N+](=O)[O-])c(-c2ccc(C=O)o2)c1Br. The number of nitro benzene ring substituents is 1. The van der Waals surface area contributed by atoms with Crippen LogP contribution in [0.25, 0.3) is 11.3 Å². The Hall–Kier alpha value is -2.15. The molecule has 0 spiro atoms.